The number of urea groups is 1. The highest BCUT2D eigenvalue weighted by Gasteiger charge is 2.47. The van der Waals surface area contributed by atoms with Crippen molar-refractivity contribution in [2.45, 2.75) is 37.9 Å². The molecule has 5 rings (SSSR count). The standard InChI is InChI=1S/C24H25F3N6O3/c1-15(16-5-3-2-4-6-16)30-22(34)32-8-7-23(14-32)20-12-18(31-33(20)9-10-35-23)17-11-19(21(28)29-13-17)36-24(25,26)27/h2-6,11-13,15H,7-10,14H2,1H3,(H2,28,29)(H,30,34)/t15-,23?/m1/s1. The van der Waals surface area contributed by atoms with Gasteiger partial charge in [0, 0.05) is 24.7 Å². The second kappa shape index (κ2) is 9.01. The van der Waals surface area contributed by atoms with E-state index in [1.165, 1.54) is 6.20 Å². The minimum absolute atomic E-state index is 0.161. The van der Waals surface area contributed by atoms with Crippen LogP contribution in [0.15, 0.2) is 48.7 Å². The lowest BCUT2D eigenvalue weighted by Crippen LogP contribution is -2.44. The molecule has 1 unspecified atom stereocenters. The summed E-state index contributed by atoms with van der Waals surface area (Å²) in [4.78, 5) is 18.5. The van der Waals surface area contributed by atoms with Crippen LogP contribution in [0.2, 0.25) is 0 Å². The number of carbonyl (C=O) groups is 1. The van der Waals surface area contributed by atoms with Crippen LogP contribution in [-0.2, 0) is 16.9 Å². The monoisotopic (exact) mass is 502 g/mol. The van der Waals surface area contributed by atoms with Crippen LogP contribution in [0, 0.1) is 0 Å². The van der Waals surface area contributed by atoms with Gasteiger partial charge in [0.2, 0.25) is 0 Å². The average Bonchev–Trinajstić information content (AvgIpc) is 3.47. The summed E-state index contributed by atoms with van der Waals surface area (Å²) >= 11 is 0. The molecule has 2 aliphatic rings. The molecular formula is C24H25F3N6O3. The zero-order chi connectivity index (χ0) is 25.5. The number of fused-ring (bicyclic) bond motifs is 2. The van der Waals surface area contributed by atoms with Gasteiger partial charge in [-0.2, -0.15) is 5.10 Å². The quantitative estimate of drug-likeness (QED) is 0.562. The molecule has 1 saturated heterocycles. The molecule has 0 radical (unpaired) electrons. The lowest BCUT2D eigenvalue weighted by atomic mass is 9.96. The van der Waals surface area contributed by atoms with Crippen LogP contribution >= 0.6 is 0 Å². The van der Waals surface area contributed by atoms with Gasteiger partial charge in [-0.15, -0.1) is 13.2 Å². The van der Waals surface area contributed by atoms with Crippen LogP contribution in [0.3, 0.4) is 0 Å². The van der Waals surface area contributed by atoms with Crippen molar-refractivity contribution >= 4 is 11.8 Å². The van der Waals surface area contributed by atoms with E-state index in [4.69, 9.17) is 10.5 Å². The number of alkyl halides is 3. The molecule has 1 aromatic carbocycles. The number of anilines is 1. The molecule has 4 heterocycles. The molecule has 1 spiro atoms. The van der Waals surface area contributed by atoms with Crippen molar-refractivity contribution in [3.63, 3.8) is 0 Å². The third-order valence-electron chi connectivity index (χ3n) is 6.49. The highest BCUT2D eigenvalue weighted by Crippen LogP contribution is 2.40. The van der Waals surface area contributed by atoms with Crippen molar-refractivity contribution in [1.29, 1.82) is 0 Å². The number of pyridine rings is 1. The van der Waals surface area contributed by atoms with Gasteiger partial charge in [-0.3, -0.25) is 4.68 Å². The van der Waals surface area contributed by atoms with Crippen molar-refractivity contribution in [3.8, 4) is 17.0 Å². The highest BCUT2D eigenvalue weighted by molar-refractivity contribution is 5.75. The first-order chi connectivity index (χ1) is 17.1. The van der Waals surface area contributed by atoms with Gasteiger partial charge in [0.15, 0.2) is 11.6 Å². The maximum atomic E-state index is 13.0. The number of nitrogens with two attached hydrogens (primary N) is 1. The van der Waals surface area contributed by atoms with Gasteiger partial charge < -0.3 is 25.4 Å². The summed E-state index contributed by atoms with van der Waals surface area (Å²) < 4.78 is 50.2. The zero-order valence-electron chi connectivity index (χ0n) is 19.5. The van der Waals surface area contributed by atoms with Crippen molar-refractivity contribution in [2.75, 3.05) is 25.4 Å². The number of carbonyl (C=O) groups excluding carboxylic acids is 1. The Morgan fingerprint density at radius 3 is 2.78 bits per heavy atom. The SMILES string of the molecule is C[C@@H](NC(=O)N1CCC2(C1)OCCn1nc(-c3cnc(N)c(OC(F)(F)F)c3)cc12)c1ccccc1. The number of ether oxygens (including phenoxy) is 2. The van der Waals surface area contributed by atoms with E-state index in [0.29, 0.717) is 43.9 Å². The number of likely N-dealkylation sites (tertiary alicyclic amines) is 1. The normalized spacial score (nSPS) is 20.3. The Morgan fingerprint density at radius 1 is 1.25 bits per heavy atom. The Hall–Kier alpha value is -3.80. The molecule has 2 aliphatic heterocycles. The lowest BCUT2D eigenvalue weighted by molar-refractivity contribution is -0.274. The predicted octanol–water partition coefficient (Wildman–Crippen LogP) is 3.83. The van der Waals surface area contributed by atoms with Gasteiger partial charge in [-0.25, -0.2) is 9.78 Å². The number of nitrogen functional groups attached to an aromatic ring is 1. The minimum Gasteiger partial charge on any atom is -0.402 e. The number of rotatable bonds is 4. The Morgan fingerprint density at radius 2 is 2.03 bits per heavy atom. The summed E-state index contributed by atoms with van der Waals surface area (Å²) in [6.45, 7) is 3.61. The number of nitrogens with zero attached hydrogens (tertiary/aromatic N) is 4. The first-order valence-electron chi connectivity index (χ1n) is 11.5. The zero-order valence-corrected chi connectivity index (χ0v) is 19.5. The maximum Gasteiger partial charge on any atom is 0.573 e. The smallest absolute Gasteiger partial charge is 0.402 e. The number of hydrogen-bond acceptors (Lipinski definition) is 6. The number of amides is 2. The van der Waals surface area contributed by atoms with Crippen LogP contribution in [0.4, 0.5) is 23.8 Å². The average molecular weight is 502 g/mol. The topological polar surface area (TPSA) is 108 Å². The van der Waals surface area contributed by atoms with Crippen molar-refractivity contribution in [2.24, 2.45) is 0 Å². The Balaban J connectivity index is 1.36. The second-order valence-electron chi connectivity index (χ2n) is 8.89. The van der Waals surface area contributed by atoms with Crippen molar-refractivity contribution < 1.29 is 27.4 Å². The highest BCUT2D eigenvalue weighted by atomic mass is 19.4. The van der Waals surface area contributed by atoms with Crippen molar-refractivity contribution in [1.82, 2.24) is 25.0 Å². The summed E-state index contributed by atoms with van der Waals surface area (Å²) in [5.74, 6) is -0.963. The minimum atomic E-state index is -4.90. The van der Waals surface area contributed by atoms with E-state index in [-0.39, 0.29) is 17.9 Å². The molecule has 190 valence electrons. The van der Waals surface area contributed by atoms with Crippen LogP contribution in [-0.4, -0.2) is 51.8 Å². The van der Waals surface area contributed by atoms with Gasteiger partial charge in [-0.05, 0) is 24.6 Å². The third-order valence-corrected chi connectivity index (χ3v) is 6.49. The number of benzene rings is 1. The number of halogens is 3. The van der Waals surface area contributed by atoms with Gasteiger partial charge in [0.1, 0.15) is 5.60 Å². The maximum absolute atomic E-state index is 13.0. The Labute approximate surface area is 205 Å². The van der Waals surface area contributed by atoms with Crippen LogP contribution < -0.4 is 15.8 Å². The summed E-state index contributed by atoms with van der Waals surface area (Å²) in [5.41, 5.74) is 7.29. The number of aromatic nitrogens is 3. The van der Waals surface area contributed by atoms with E-state index < -0.39 is 17.7 Å². The van der Waals surface area contributed by atoms with Crippen LogP contribution in [0.1, 0.15) is 30.6 Å². The molecule has 36 heavy (non-hydrogen) atoms. The molecule has 0 aliphatic carbocycles. The molecule has 12 heteroatoms. The summed E-state index contributed by atoms with van der Waals surface area (Å²) in [6.07, 6.45) is -2.99. The summed E-state index contributed by atoms with van der Waals surface area (Å²) in [5, 5.41) is 7.59. The molecule has 3 N–H and O–H groups in total. The van der Waals surface area contributed by atoms with Crippen LogP contribution in [0.5, 0.6) is 5.75 Å². The van der Waals surface area contributed by atoms with E-state index >= 15 is 0 Å². The van der Waals surface area contributed by atoms with Gasteiger partial charge in [0.25, 0.3) is 0 Å². The molecule has 1 fully saturated rings. The molecule has 2 atom stereocenters. The third kappa shape index (κ3) is 4.68. The van der Waals surface area contributed by atoms with Gasteiger partial charge in [-0.1, -0.05) is 30.3 Å². The Bertz CT molecular complexity index is 1270. The van der Waals surface area contributed by atoms with Gasteiger partial charge in [0.05, 0.1) is 37.1 Å². The lowest BCUT2D eigenvalue weighted by Gasteiger charge is -2.34. The first-order valence-corrected chi connectivity index (χ1v) is 11.5. The molecule has 0 saturated carbocycles. The molecule has 9 nitrogen and oxygen atoms in total. The summed E-state index contributed by atoms with van der Waals surface area (Å²) in [6, 6.07) is 12.2. The predicted molar refractivity (Wildman–Crippen MR) is 124 cm³/mol. The fraction of sp³-hybridized carbons (Fsp3) is 0.375. The molecule has 2 amide bonds. The van der Waals surface area contributed by atoms with Crippen LogP contribution in [0.25, 0.3) is 11.3 Å². The van der Waals surface area contributed by atoms with E-state index in [2.05, 4.69) is 20.1 Å². The molecular weight excluding hydrogens is 477 g/mol. The molecule has 0 bridgehead atoms. The molecule has 2 aromatic heterocycles. The van der Waals surface area contributed by atoms with E-state index in [0.717, 1.165) is 17.3 Å². The summed E-state index contributed by atoms with van der Waals surface area (Å²) in [7, 11) is 0. The second-order valence-corrected chi connectivity index (χ2v) is 8.89. The van der Waals surface area contributed by atoms with E-state index in [9.17, 15) is 18.0 Å². The van der Waals surface area contributed by atoms with E-state index in [1.54, 1.807) is 15.6 Å². The fourth-order valence-corrected chi connectivity index (χ4v) is 4.68. The first kappa shape index (κ1) is 23.9. The van der Waals surface area contributed by atoms with E-state index in [1.807, 2.05) is 37.3 Å². The largest absolute Gasteiger partial charge is 0.573 e. The van der Waals surface area contributed by atoms with Gasteiger partial charge >= 0.3 is 12.4 Å². The Kier molecular flexibility index (Phi) is 5.99. The van der Waals surface area contributed by atoms with Crippen molar-refractivity contribution in [3.05, 3.63) is 59.9 Å². The molecule has 3 aromatic rings. The fourth-order valence-electron chi connectivity index (χ4n) is 4.68. The number of nitrogens with one attached hydrogen (secondary N) is 1. The number of hydrogen-bond donors (Lipinski definition) is 2.